The zero-order valence-corrected chi connectivity index (χ0v) is 24.3. The number of nitrogens with zero attached hydrogens (tertiary/aromatic N) is 3. The molecule has 9 nitrogen and oxygen atoms in total. The van der Waals surface area contributed by atoms with Gasteiger partial charge in [0, 0.05) is 17.0 Å². The van der Waals surface area contributed by atoms with Gasteiger partial charge in [-0.25, -0.2) is 4.79 Å². The third-order valence-electron chi connectivity index (χ3n) is 10.3. The Hall–Kier alpha value is -4.19. The molecule has 0 spiro atoms. The van der Waals surface area contributed by atoms with Gasteiger partial charge < -0.3 is 14.0 Å². The van der Waals surface area contributed by atoms with Crippen molar-refractivity contribution >= 4 is 0 Å². The summed E-state index contributed by atoms with van der Waals surface area (Å²) in [5.74, 6) is 2.18. The normalized spacial score (nSPS) is 27.2. The van der Waals surface area contributed by atoms with E-state index >= 15 is 0 Å². The van der Waals surface area contributed by atoms with Crippen LogP contribution < -0.4 is 16.0 Å². The summed E-state index contributed by atoms with van der Waals surface area (Å²) in [6.45, 7) is 0.227. The number of fused-ring (bicyclic) bond motifs is 1. The summed E-state index contributed by atoms with van der Waals surface area (Å²) in [5, 5.41) is 8.17. The molecule has 4 fully saturated rings. The van der Waals surface area contributed by atoms with Crippen molar-refractivity contribution in [3.63, 3.8) is 0 Å². The van der Waals surface area contributed by atoms with Gasteiger partial charge in [0.15, 0.2) is 0 Å². The third-order valence-corrected chi connectivity index (χ3v) is 10.3. The first-order valence-corrected chi connectivity index (χ1v) is 15.4. The minimum absolute atomic E-state index is 0.0420. The van der Waals surface area contributed by atoms with Crippen LogP contribution in [0.25, 0.3) is 16.9 Å². The molecule has 0 radical (unpaired) electrons. The van der Waals surface area contributed by atoms with E-state index in [9.17, 15) is 22.8 Å². The average molecular weight is 621 g/mol. The fourth-order valence-electron chi connectivity index (χ4n) is 8.37. The van der Waals surface area contributed by atoms with Gasteiger partial charge in [-0.2, -0.15) is 9.78 Å². The Labute approximate surface area is 255 Å². The molecule has 8 rings (SSSR count). The van der Waals surface area contributed by atoms with Gasteiger partial charge in [0.1, 0.15) is 23.4 Å². The molecule has 0 saturated heterocycles. The zero-order chi connectivity index (χ0) is 30.9. The smallest absolute Gasteiger partial charge is 0.405 e. The van der Waals surface area contributed by atoms with Gasteiger partial charge in [-0.05, 0) is 97.9 Å². The first-order chi connectivity index (χ1) is 21.7. The molecule has 4 aliphatic rings. The lowest BCUT2D eigenvalue weighted by atomic mass is 9.51. The molecule has 2 heterocycles. The summed E-state index contributed by atoms with van der Waals surface area (Å²) < 4.78 is 57.3. The predicted octanol–water partition coefficient (Wildman–Crippen LogP) is 6.01. The number of nitrogens with one attached hydrogen (secondary N) is 1. The van der Waals surface area contributed by atoms with Crippen molar-refractivity contribution in [1.82, 2.24) is 19.9 Å². The van der Waals surface area contributed by atoms with Gasteiger partial charge in [-0.1, -0.05) is 29.4 Å². The lowest BCUT2D eigenvalue weighted by Crippen LogP contribution is -2.49. The van der Waals surface area contributed by atoms with Crippen LogP contribution >= 0.6 is 0 Å². The summed E-state index contributed by atoms with van der Waals surface area (Å²) in [5.41, 5.74) is 2.18. The Bertz CT molecular complexity index is 1860. The molecule has 2 unspecified atom stereocenters. The summed E-state index contributed by atoms with van der Waals surface area (Å²) in [7, 11) is 0. The molecule has 4 aromatic rings. The van der Waals surface area contributed by atoms with Crippen molar-refractivity contribution < 1.29 is 27.2 Å². The maximum Gasteiger partial charge on any atom is 0.573 e. The van der Waals surface area contributed by atoms with E-state index in [1.54, 1.807) is 12.1 Å². The summed E-state index contributed by atoms with van der Waals surface area (Å²) in [6.07, 6.45) is 3.36. The monoisotopic (exact) mass is 620 g/mol. The van der Waals surface area contributed by atoms with Gasteiger partial charge in [-0.3, -0.25) is 9.78 Å². The molecule has 5 atom stereocenters. The number of hydrogen-bond acceptors (Lipinski definition) is 7. The van der Waals surface area contributed by atoms with E-state index in [0.717, 1.165) is 51.1 Å². The third kappa shape index (κ3) is 5.08. The van der Waals surface area contributed by atoms with Crippen molar-refractivity contribution in [3.05, 3.63) is 92.5 Å². The first-order valence-electron chi connectivity index (χ1n) is 15.4. The number of ether oxygens (including phenoxy) is 2. The van der Waals surface area contributed by atoms with E-state index in [-0.39, 0.29) is 35.4 Å². The summed E-state index contributed by atoms with van der Waals surface area (Å²) in [6, 6.07) is 14.0. The number of rotatable bonds is 8. The van der Waals surface area contributed by atoms with Crippen LogP contribution in [-0.4, -0.2) is 32.4 Å². The fraction of sp³-hybridized carbons (Fsp3) is 0.455. The van der Waals surface area contributed by atoms with Gasteiger partial charge in [-0.15, -0.1) is 13.2 Å². The molecule has 1 N–H and O–H groups in total. The number of aromatic amines is 1. The molecule has 234 valence electrons. The molecule has 2 bridgehead atoms. The second-order valence-electron chi connectivity index (χ2n) is 13.0. The Morgan fingerprint density at radius 3 is 2.58 bits per heavy atom. The van der Waals surface area contributed by atoms with Crippen molar-refractivity contribution in [3.8, 4) is 22.7 Å². The Morgan fingerprint density at radius 1 is 1.02 bits per heavy atom. The molecule has 0 aliphatic heterocycles. The fourth-order valence-corrected chi connectivity index (χ4v) is 8.37. The van der Waals surface area contributed by atoms with Crippen molar-refractivity contribution in [2.24, 2.45) is 17.8 Å². The molecule has 45 heavy (non-hydrogen) atoms. The van der Waals surface area contributed by atoms with E-state index in [4.69, 9.17) is 9.26 Å². The topological polar surface area (TPSA) is 112 Å². The molecule has 4 aliphatic carbocycles. The van der Waals surface area contributed by atoms with Crippen LogP contribution in [0.1, 0.15) is 67.8 Å². The quantitative estimate of drug-likeness (QED) is 0.257. The molecule has 2 aromatic carbocycles. The highest BCUT2D eigenvalue weighted by molar-refractivity contribution is 5.70. The second kappa shape index (κ2) is 10.4. The van der Waals surface area contributed by atoms with E-state index in [0.29, 0.717) is 40.5 Å². The van der Waals surface area contributed by atoms with Crippen molar-refractivity contribution in [2.75, 3.05) is 0 Å². The van der Waals surface area contributed by atoms with Gasteiger partial charge in [0.25, 0.3) is 5.56 Å². The first kappa shape index (κ1) is 28.3. The predicted molar refractivity (Wildman–Crippen MR) is 155 cm³/mol. The number of alkyl halides is 3. The standard InChI is InChI=1S/C33H31F3N4O5/c34-33(35,36)44-27-4-2-1-3-24(27)29-25(30(45-39-29)19-5-6-19)17-43-23-11-18-12-26-20(13-23)15-32(26,14-18)21-7-9-22(10-8-21)40-31(42)38-28(41)16-37-40/h1-4,7-10,16,18-20,23,26H,5-6,11-15,17H2,(H,38,41,42)/t18-,20-,23+,26?,32?/m1/s1. The van der Waals surface area contributed by atoms with Gasteiger partial charge in [0.05, 0.1) is 18.4 Å². The van der Waals surface area contributed by atoms with E-state index in [2.05, 4.69) is 32.1 Å². The number of hydrogen-bond donors (Lipinski definition) is 1. The van der Waals surface area contributed by atoms with Crippen LogP contribution in [0, 0.1) is 17.8 Å². The van der Waals surface area contributed by atoms with Crippen molar-refractivity contribution in [2.45, 2.75) is 75.4 Å². The van der Waals surface area contributed by atoms with Crippen LogP contribution in [0.3, 0.4) is 0 Å². The van der Waals surface area contributed by atoms with Crippen LogP contribution in [-0.2, 0) is 16.8 Å². The molecule has 12 heteroatoms. The highest BCUT2D eigenvalue weighted by atomic mass is 19.4. The van der Waals surface area contributed by atoms with Crippen LogP contribution in [0.5, 0.6) is 5.75 Å². The minimum atomic E-state index is -4.82. The Morgan fingerprint density at radius 2 is 1.82 bits per heavy atom. The van der Waals surface area contributed by atoms with Crippen LogP contribution in [0.15, 0.2) is 68.8 Å². The lowest BCUT2D eigenvalue weighted by molar-refractivity contribution is -0.274. The highest BCUT2D eigenvalue weighted by Crippen LogP contribution is 2.67. The van der Waals surface area contributed by atoms with E-state index < -0.39 is 17.6 Å². The maximum absolute atomic E-state index is 13.2. The molecular weight excluding hydrogens is 589 g/mol. The summed E-state index contributed by atoms with van der Waals surface area (Å²) in [4.78, 5) is 25.8. The highest BCUT2D eigenvalue weighted by Gasteiger charge is 2.61. The Balaban J connectivity index is 0.982. The zero-order valence-electron chi connectivity index (χ0n) is 24.3. The van der Waals surface area contributed by atoms with Gasteiger partial charge >= 0.3 is 12.1 Å². The minimum Gasteiger partial charge on any atom is -0.405 e. The number of benzene rings is 2. The molecule has 4 saturated carbocycles. The lowest BCUT2D eigenvalue weighted by Gasteiger charge is -2.53. The number of halogens is 3. The number of para-hydroxylation sites is 1. The Kier molecular flexibility index (Phi) is 6.56. The van der Waals surface area contributed by atoms with Crippen LogP contribution in [0.2, 0.25) is 0 Å². The summed E-state index contributed by atoms with van der Waals surface area (Å²) >= 11 is 0. The molecular formula is C33H31F3N4O5. The second-order valence-corrected chi connectivity index (χ2v) is 13.0. The van der Waals surface area contributed by atoms with E-state index in [1.807, 2.05) is 12.1 Å². The molecule has 0 amide bonds. The SMILES string of the molecule is O=c1cnn(-c2ccc(C34C[C@H]5CC3[C@H](C[C@@H](OCc3c(-c6ccccc6OC(F)(F)F)noc3C3CC3)C5)C4)cc2)c(=O)[nH]1. The number of aromatic nitrogens is 4. The van der Waals surface area contributed by atoms with Crippen LogP contribution in [0.4, 0.5) is 13.2 Å². The van der Waals surface area contributed by atoms with Crippen molar-refractivity contribution in [1.29, 1.82) is 0 Å². The molecule has 2 aromatic heterocycles. The average Bonchev–Trinajstić information content (AvgIpc) is 3.70. The van der Waals surface area contributed by atoms with E-state index in [1.165, 1.54) is 22.4 Å². The largest absolute Gasteiger partial charge is 0.573 e. The van der Waals surface area contributed by atoms with Gasteiger partial charge in [0.2, 0.25) is 0 Å². The maximum atomic E-state index is 13.2. The number of H-pyrrole nitrogens is 1.